The smallest absolute Gasteiger partial charge is 0.416 e. The van der Waals surface area contributed by atoms with Gasteiger partial charge in [0, 0.05) is 21.0 Å². The van der Waals surface area contributed by atoms with Gasteiger partial charge in [-0.1, -0.05) is 51.2 Å². The second-order valence-electron chi connectivity index (χ2n) is 10.3. The molecule has 15 heteroatoms. The number of alkyl halides is 3. The number of hydrogen-bond donors (Lipinski definition) is 2. The highest BCUT2D eigenvalue weighted by atomic mass is 79.9. The quantitative estimate of drug-likeness (QED) is 0.201. The van der Waals surface area contributed by atoms with Crippen molar-refractivity contribution in [2.75, 3.05) is 23.4 Å². The number of nitrogens with zero attached hydrogens (tertiary/aromatic N) is 1. The summed E-state index contributed by atoms with van der Waals surface area (Å²) in [6.07, 6.45) is -4.56. The molecule has 0 aliphatic carbocycles. The third-order valence-corrected chi connectivity index (χ3v) is 10.3. The molecule has 0 bridgehead atoms. The van der Waals surface area contributed by atoms with Crippen molar-refractivity contribution in [3.8, 4) is 11.5 Å². The van der Waals surface area contributed by atoms with Crippen molar-refractivity contribution in [3.63, 3.8) is 0 Å². The van der Waals surface area contributed by atoms with Gasteiger partial charge in [0.2, 0.25) is 11.8 Å². The summed E-state index contributed by atoms with van der Waals surface area (Å²) in [6, 6.07) is 16.0. The summed E-state index contributed by atoms with van der Waals surface area (Å²) in [5.41, 5.74) is 0.0883. The van der Waals surface area contributed by atoms with E-state index in [0.717, 1.165) is 39.7 Å². The number of H-pyrrole nitrogens is 1. The number of ether oxygens (including phenoxy) is 2. The average Bonchev–Trinajstić information content (AvgIpc) is 3.50. The fraction of sp³-hybridized carbons (Fsp3) is 0.226. The predicted molar refractivity (Wildman–Crippen MR) is 170 cm³/mol. The number of amides is 3. The first-order valence-electron chi connectivity index (χ1n) is 13.8. The third-order valence-electron chi connectivity index (χ3n) is 7.37. The maximum atomic E-state index is 14.0. The Morgan fingerprint density at radius 1 is 1.00 bits per heavy atom. The number of aromatic amines is 1. The van der Waals surface area contributed by atoms with Crippen LogP contribution < -0.4 is 24.6 Å². The maximum absolute atomic E-state index is 14.0. The van der Waals surface area contributed by atoms with Crippen LogP contribution in [0.2, 0.25) is 0 Å². The zero-order chi connectivity index (χ0) is 32.7. The summed E-state index contributed by atoms with van der Waals surface area (Å²) in [7, 11) is 0. The van der Waals surface area contributed by atoms with Crippen LogP contribution >= 0.6 is 39.0 Å². The van der Waals surface area contributed by atoms with Gasteiger partial charge in [0.15, 0.2) is 18.1 Å². The van der Waals surface area contributed by atoms with Crippen molar-refractivity contribution in [2.24, 2.45) is 5.92 Å². The van der Waals surface area contributed by atoms with Gasteiger partial charge in [0.25, 0.3) is 5.91 Å². The monoisotopic (exact) mass is 733 g/mol. The second-order valence-corrected chi connectivity index (χ2v) is 13.4. The summed E-state index contributed by atoms with van der Waals surface area (Å²) >= 11 is 5.50. The Labute approximate surface area is 276 Å². The summed E-state index contributed by atoms with van der Waals surface area (Å²) in [5.74, 6) is -2.54. The Morgan fingerprint density at radius 3 is 2.48 bits per heavy atom. The van der Waals surface area contributed by atoms with E-state index in [4.69, 9.17) is 9.47 Å². The molecule has 6 rings (SSSR count). The summed E-state index contributed by atoms with van der Waals surface area (Å²) < 4.78 is 51.5. The summed E-state index contributed by atoms with van der Waals surface area (Å²) in [5, 5.41) is 2.12. The number of anilines is 2. The molecule has 46 heavy (non-hydrogen) atoms. The van der Waals surface area contributed by atoms with Crippen LogP contribution in [-0.4, -0.2) is 41.2 Å². The van der Waals surface area contributed by atoms with Crippen molar-refractivity contribution in [3.05, 3.63) is 96.9 Å². The van der Waals surface area contributed by atoms with Crippen LogP contribution in [0.1, 0.15) is 28.8 Å². The highest BCUT2D eigenvalue weighted by Gasteiger charge is 2.56. The molecule has 0 saturated carbocycles. The first kappa shape index (κ1) is 31.9. The van der Waals surface area contributed by atoms with E-state index in [9.17, 15) is 32.3 Å². The molecule has 3 atom stereocenters. The van der Waals surface area contributed by atoms with Crippen LogP contribution in [0.4, 0.5) is 24.5 Å². The third kappa shape index (κ3) is 6.18. The summed E-state index contributed by atoms with van der Waals surface area (Å²) in [6.45, 7) is 1.44. The lowest BCUT2D eigenvalue weighted by molar-refractivity contribution is -0.137. The van der Waals surface area contributed by atoms with Crippen molar-refractivity contribution in [1.82, 2.24) is 4.98 Å². The average molecular weight is 735 g/mol. The van der Waals surface area contributed by atoms with Gasteiger partial charge in [-0.2, -0.15) is 13.2 Å². The number of aromatic nitrogens is 1. The van der Waals surface area contributed by atoms with Gasteiger partial charge in [-0.05, 0) is 67.1 Å². The van der Waals surface area contributed by atoms with Crippen LogP contribution in [0.15, 0.2) is 81.0 Å². The Hall–Kier alpha value is -4.08. The minimum Gasteiger partial charge on any atom is -0.490 e. The van der Waals surface area contributed by atoms with Crippen molar-refractivity contribution < 1.29 is 37.0 Å². The van der Waals surface area contributed by atoms with Crippen molar-refractivity contribution >= 4 is 68.1 Å². The fourth-order valence-electron chi connectivity index (χ4n) is 5.44. The lowest BCUT2D eigenvalue weighted by Crippen LogP contribution is -2.32. The molecule has 3 heterocycles. The molecule has 1 aromatic heterocycles. The van der Waals surface area contributed by atoms with E-state index < -0.39 is 47.2 Å². The van der Waals surface area contributed by atoms with Crippen molar-refractivity contribution in [2.45, 2.75) is 29.3 Å². The van der Waals surface area contributed by atoms with E-state index in [-0.39, 0.29) is 34.6 Å². The van der Waals surface area contributed by atoms with E-state index in [0.29, 0.717) is 21.2 Å². The van der Waals surface area contributed by atoms with E-state index in [1.807, 2.05) is 0 Å². The van der Waals surface area contributed by atoms with E-state index >= 15 is 0 Å². The Bertz CT molecular complexity index is 1900. The SMILES string of the molecule is CCOc1cc([C@@H]2c3sc(=O)[nH]c3S[C@H]3C(=O)N(c4ccc(Br)cc4)C(=O)[C@@H]23)ccc1OCC(=O)Nc1cccc(C(F)(F)F)c1. The highest BCUT2D eigenvalue weighted by molar-refractivity contribution is 9.10. The van der Waals surface area contributed by atoms with Crippen LogP contribution in [0.3, 0.4) is 0 Å². The predicted octanol–water partition coefficient (Wildman–Crippen LogP) is 6.43. The second kappa shape index (κ2) is 12.6. The highest BCUT2D eigenvalue weighted by Crippen LogP contribution is 2.54. The molecule has 2 aliphatic heterocycles. The number of halogens is 4. The number of nitrogens with one attached hydrogen (secondary N) is 2. The van der Waals surface area contributed by atoms with Gasteiger partial charge in [-0.15, -0.1) is 0 Å². The topological polar surface area (TPSA) is 118 Å². The Morgan fingerprint density at radius 2 is 1.76 bits per heavy atom. The molecule has 1 saturated heterocycles. The largest absolute Gasteiger partial charge is 0.490 e. The van der Waals surface area contributed by atoms with Gasteiger partial charge in [-0.25, -0.2) is 4.90 Å². The minimum atomic E-state index is -4.56. The molecule has 238 valence electrons. The first-order valence-corrected chi connectivity index (χ1v) is 16.3. The summed E-state index contributed by atoms with van der Waals surface area (Å²) in [4.78, 5) is 56.9. The van der Waals surface area contributed by atoms with Crippen LogP contribution in [0.25, 0.3) is 0 Å². The number of benzene rings is 3. The van der Waals surface area contributed by atoms with Crippen LogP contribution in [0.5, 0.6) is 11.5 Å². The Kier molecular flexibility index (Phi) is 8.74. The molecule has 1 fully saturated rings. The van der Waals surface area contributed by atoms with Gasteiger partial charge < -0.3 is 19.8 Å². The lowest BCUT2D eigenvalue weighted by Gasteiger charge is -2.30. The first-order chi connectivity index (χ1) is 21.9. The van der Waals surface area contributed by atoms with Gasteiger partial charge in [-0.3, -0.25) is 19.2 Å². The number of hydrogen-bond acceptors (Lipinski definition) is 8. The molecule has 9 nitrogen and oxygen atoms in total. The number of thiazole rings is 1. The van der Waals surface area contributed by atoms with Crippen LogP contribution in [0, 0.1) is 5.92 Å². The molecule has 0 radical (unpaired) electrons. The number of rotatable bonds is 8. The van der Waals surface area contributed by atoms with E-state index in [1.165, 1.54) is 17.0 Å². The minimum absolute atomic E-state index is 0.0391. The standard InChI is InChI=1S/C31H23BrF3N3O6S2/c1-2-43-21-12-15(6-11-20(21)44-14-22(39)36-18-5-3-4-16(13-18)31(33,34)35)23-24-26(45-27-25(23)46-30(42)37-27)29(41)38(28(24)40)19-9-7-17(32)8-10-19/h3-13,23-24,26H,2,14H2,1H3,(H,36,39)(H,37,42)/t23-,24-,26+/m0/s1. The van der Waals surface area contributed by atoms with Gasteiger partial charge in [0.05, 0.1) is 28.8 Å². The molecular weight excluding hydrogens is 711 g/mol. The number of thioether (sulfide) groups is 1. The zero-order valence-corrected chi connectivity index (χ0v) is 26.9. The number of carbonyl (C=O) groups excluding carboxylic acids is 3. The maximum Gasteiger partial charge on any atom is 0.416 e. The normalized spacial score (nSPS) is 19.1. The molecular formula is C31H23BrF3N3O6S2. The van der Waals surface area contributed by atoms with Crippen molar-refractivity contribution in [1.29, 1.82) is 0 Å². The zero-order valence-electron chi connectivity index (χ0n) is 23.7. The number of carbonyl (C=O) groups is 3. The number of imide groups is 1. The van der Waals surface area contributed by atoms with Crippen LogP contribution in [-0.2, 0) is 20.6 Å². The van der Waals surface area contributed by atoms with E-state index in [2.05, 4.69) is 26.2 Å². The molecule has 4 aromatic rings. The molecule has 3 aromatic carbocycles. The van der Waals surface area contributed by atoms with Gasteiger partial charge >= 0.3 is 11.0 Å². The molecule has 0 spiro atoms. The molecule has 2 N–H and O–H groups in total. The number of fused-ring (bicyclic) bond motifs is 2. The lowest BCUT2D eigenvalue weighted by atomic mass is 9.83. The Balaban J connectivity index is 1.28. The molecule has 2 aliphatic rings. The fourth-order valence-corrected chi connectivity index (χ4v) is 8.22. The molecule has 0 unspecified atom stereocenters. The molecule has 3 amide bonds. The van der Waals surface area contributed by atoms with E-state index in [1.54, 1.807) is 49.4 Å². The van der Waals surface area contributed by atoms with Gasteiger partial charge in [0.1, 0.15) is 5.25 Å².